The molecule has 0 saturated heterocycles. The molecule has 1 aliphatic heterocycles. The van der Waals surface area contributed by atoms with E-state index in [2.05, 4.69) is 10.0 Å². The third-order valence-corrected chi connectivity index (χ3v) is 7.29. The summed E-state index contributed by atoms with van der Waals surface area (Å²) in [4.78, 5) is 26.3. The third-order valence-electron chi connectivity index (χ3n) is 5.87. The van der Waals surface area contributed by atoms with Crippen LogP contribution in [0.5, 0.6) is 5.75 Å². The normalized spacial score (nSPS) is 14.9. The van der Waals surface area contributed by atoms with Crippen LogP contribution in [0.15, 0.2) is 71.6 Å². The number of sulfonamides is 1. The van der Waals surface area contributed by atoms with Gasteiger partial charge < -0.3 is 15.0 Å². The highest BCUT2D eigenvalue weighted by molar-refractivity contribution is 7.89. The van der Waals surface area contributed by atoms with Crippen molar-refractivity contribution in [3.8, 4) is 5.75 Å². The van der Waals surface area contributed by atoms with Crippen LogP contribution >= 0.6 is 0 Å². The van der Waals surface area contributed by atoms with Gasteiger partial charge in [0.05, 0.1) is 12.0 Å². The Hall–Kier alpha value is -3.69. The average molecular weight is 494 g/mol. The maximum absolute atomic E-state index is 13.3. The van der Waals surface area contributed by atoms with Crippen LogP contribution in [0, 0.1) is 0 Å². The molecule has 0 unspecified atom stereocenters. The number of hydrogen-bond acceptors (Lipinski definition) is 5. The number of nitrogens with one attached hydrogen (secondary N) is 2. The van der Waals surface area contributed by atoms with E-state index in [0.29, 0.717) is 17.0 Å². The van der Waals surface area contributed by atoms with Crippen LogP contribution in [-0.2, 0) is 27.8 Å². The van der Waals surface area contributed by atoms with Gasteiger partial charge in [0, 0.05) is 36.4 Å². The van der Waals surface area contributed by atoms with Crippen molar-refractivity contribution in [1.82, 2.24) is 4.72 Å². The molecular formula is C26H27N3O5S. The molecule has 0 bridgehead atoms. The van der Waals surface area contributed by atoms with E-state index >= 15 is 0 Å². The Morgan fingerprint density at radius 3 is 2.34 bits per heavy atom. The Kier molecular flexibility index (Phi) is 6.90. The number of amides is 2. The van der Waals surface area contributed by atoms with Crippen molar-refractivity contribution in [2.24, 2.45) is 0 Å². The molecule has 4 rings (SSSR count). The van der Waals surface area contributed by atoms with Crippen LogP contribution in [0.4, 0.5) is 11.4 Å². The fraction of sp³-hybridized carbons (Fsp3) is 0.231. The molecule has 3 aromatic carbocycles. The lowest BCUT2D eigenvalue weighted by Gasteiger charge is -2.23. The maximum atomic E-state index is 13.3. The minimum atomic E-state index is -3.76. The average Bonchev–Trinajstić information content (AvgIpc) is 3.17. The molecule has 3 aromatic rings. The number of benzene rings is 3. The van der Waals surface area contributed by atoms with E-state index in [9.17, 15) is 18.0 Å². The minimum Gasteiger partial charge on any atom is -0.497 e. The van der Waals surface area contributed by atoms with E-state index in [-0.39, 0.29) is 29.3 Å². The van der Waals surface area contributed by atoms with Crippen molar-refractivity contribution in [2.75, 3.05) is 17.3 Å². The van der Waals surface area contributed by atoms with Gasteiger partial charge in [0.25, 0.3) is 5.91 Å². The largest absolute Gasteiger partial charge is 0.497 e. The summed E-state index contributed by atoms with van der Waals surface area (Å²) in [5, 5.41) is 2.61. The van der Waals surface area contributed by atoms with Gasteiger partial charge in [0.2, 0.25) is 15.9 Å². The van der Waals surface area contributed by atoms with Gasteiger partial charge in [-0.15, -0.1) is 0 Å². The molecular weight excluding hydrogens is 466 g/mol. The molecule has 0 radical (unpaired) electrons. The molecule has 182 valence electrons. The van der Waals surface area contributed by atoms with Gasteiger partial charge in [0.1, 0.15) is 5.75 Å². The van der Waals surface area contributed by atoms with Gasteiger partial charge in [-0.1, -0.05) is 12.1 Å². The van der Waals surface area contributed by atoms with Gasteiger partial charge >= 0.3 is 0 Å². The molecule has 0 spiro atoms. The van der Waals surface area contributed by atoms with Gasteiger partial charge in [-0.3, -0.25) is 9.59 Å². The lowest BCUT2D eigenvalue weighted by Crippen LogP contribution is -2.35. The molecule has 0 aliphatic carbocycles. The van der Waals surface area contributed by atoms with E-state index in [1.54, 1.807) is 36.3 Å². The Bertz CT molecular complexity index is 1350. The summed E-state index contributed by atoms with van der Waals surface area (Å²) in [6.07, 6.45) is 0.726. The van der Waals surface area contributed by atoms with Crippen LogP contribution in [0.3, 0.4) is 0 Å². The standard InChI is InChI=1S/C26H27N3O5S/c1-17-14-21-5-4-19(15-25(21)29(17)26(31)20-6-10-23(34-3)11-7-20)16-27-35(32,33)24-12-8-22(9-13-24)28-18(2)30/h4-13,15,17,27H,14,16H2,1-3H3,(H,28,30)/t17-/m1/s1. The quantitative estimate of drug-likeness (QED) is 0.522. The molecule has 8 nitrogen and oxygen atoms in total. The SMILES string of the molecule is COc1ccc(C(=O)N2c3cc(CNS(=O)(=O)c4ccc(NC(C)=O)cc4)ccc3C[C@H]2C)cc1. The number of methoxy groups -OCH3 is 1. The molecule has 2 N–H and O–H groups in total. The highest BCUT2D eigenvalue weighted by Gasteiger charge is 2.31. The first-order chi connectivity index (χ1) is 16.7. The minimum absolute atomic E-state index is 0.0198. The van der Waals surface area contributed by atoms with Crippen LogP contribution < -0.4 is 19.7 Å². The Labute approximate surface area is 205 Å². The summed E-state index contributed by atoms with van der Waals surface area (Å²) >= 11 is 0. The molecule has 1 aliphatic rings. The van der Waals surface area contributed by atoms with Gasteiger partial charge in [0.15, 0.2) is 0 Å². The summed E-state index contributed by atoms with van der Waals surface area (Å²) in [6, 6.07) is 18.6. The number of carbonyl (C=O) groups is 2. The van der Waals surface area contributed by atoms with Gasteiger partial charge in [-0.25, -0.2) is 13.1 Å². The number of rotatable bonds is 7. The summed E-state index contributed by atoms with van der Waals surface area (Å²) in [6.45, 7) is 3.45. The number of anilines is 2. The van der Waals surface area contributed by atoms with Gasteiger partial charge in [-0.05, 0) is 79.1 Å². The van der Waals surface area contributed by atoms with E-state index in [1.807, 2.05) is 25.1 Å². The third kappa shape index (κ3) is 5.36. The lowest BCUT2D eigenvalue weighted by atomic mass is 10.1. The molecule has 1 heterocycles. The Balaban J connectivity index is 1.50. The summed E-state index contributed by atoms with van der Waals surface area (Å²) < 4.78 is 33.3. The van der Waals surface area contributed by atoms with E-state index in [1.165, 1.54) is 31.2 Å². The van der Waals surface area contributed by atoms with Gasteiger partial charge in [-0.2, -0.15) is 0 Å². The Morgan fingerprint density at radius 2 is 1.71 bits per heavy atom. The second-order valence-corrected chi connectivity index (χ2v) is 10.2. The summed E-state index contributed by atoms with van der Waals surface area (Å²) in [7, 11) is -2.19. The highest BCUT2D eigenvalue weighted by Crippen LogP contribution is 2.34. The molecule has 0 fully saturated rings. The molecule has 0 aromatic heterocycles. The van der Waals surface area contributed by atoms with E-state index in [4.69, 9.17) is 4.74 Å². The maximum Gasteiger partial charge on any atom is 0.258 e. The van der Waals surface area contributed by atoms with Crippen molar-refractivity contribution in [3.63, 3.8) is 0 Å². The zero-order valence-electron chi connectivity index (χ0n) is 19.7. The van der Waals surface area contributed by atoms with Crippen molar-refractivity contribution >= 4 is 33.2 Å². The number of fused-ring (bicyclic) bond motifs is 1. The van der Waals surface area contributed by atoms with Crippen LogP contribution in [0.25, 0.3) is 0 Å². The van der Waals surface area contributed by atoms with Crippen molar-refractivity contribution in [3.05, 3.63) is 83.4 Å². The first-order valence-corrected chi connectivity index (χ1v) is 12.6. The van der Waals surface area contributed by atoms with Crippen molar-refractivity contribution in [2.45, 2.75) is 37.8 Å². The van der Waals surface area contributed by atoms with Crippen molar-refractivity contribution in [1.29, 1.82) is 0 Å². The summed E-state index contributed by atoms with van der Waals surface area (Å²) in [5.41, 5.74) is 3.64. The number of hydrogen-bond donors (Lipinski definition) is 2. The highest BCUT2D eigenvalue weighted by atomic mass is 32.2. The monoisotopic (exact) mass is 493 g/mol. The van der Waals surface area contributed by atoms with E-state index < -0.39 is 10.0 Å². The van der Waals surface area contributed by atoms with Crippen LogP contribution in [-0.4, -0.2) is 33.4 Å². The van der Waals surface area contributed by atoms with Crippen LogP contribution in [0.1, 0.15) is 35.3 Å². The number of nitrogens with zero attached hydrogens (tertiary/aromatic N) is 1. The number of ether oxygens (including phenoxy) is 1. The Morgan fingerprint density at radius 1 is 1.03 bits per heavy atom. The molecule has 2 amide bonds. The second kappa shape index (κ2) is 9.89. The fourth-order valence-electron chi connectivity index (χ4n) is 4.13. The fourth-order valence-corrected chi connectivity index (χ4v) is 5.15. The molecule has 9 heteroatoms. The summed E-state index contributed by atoms with van der Waals surface area (Å²) in [5.74, 6) is 0.329. The lowest BCUT2D eigenvalue weighted by molar-refractivity contribution is -0.114. The topological polar surface area (TPSA) is 105 Å². The predicted molar refractivity (Wildman–Crippen MR) is 134 cm³/mol. The zero-order chi connectivity index (χ0) is 25.2. The van der Waals surface area contributed by atoms with E-state index in [0.717, 1.165) is 23.2 Å². The van der Waals surface area contributed by atoms with Crippen molar-refractivity contribution < 1.29 is 22.7 Å². The molecule has 35 heavy (non-hydrogen) atoms. The van der Waals surface area contributed by atoms with Crippen LogP contribution in [0.2, 0.25) is 0 Å². The molecule has 0 saturated carbocycles. The predicted octanol–water partition coefficient (Wildman–Crippen LogP) is 3.72. The first-order valence-electron chi connectivity index (χ1n) is 11.1. The zero-order valence-corrected chi connectivity index (χ0v) is 20.6. The molecule has 1 atom stereocenters. The second-order valence-electron chi connectivity index (χ2n) is 8.45. The smallest absolute Gasteiger partial charge is 0.258 e. The number of carbonyl (C=O) groups excluding carboxylic acids is 2. The first kappa shape index (κ1) is 24.4.